The fourth-order valence-corrected chi connectivity index (χ4v) is 3.13. The zero-order valence-corrected chi connectivity index (χ0v) is 14.3. The Morgan fingerprint density at radius 2 is 1.79 bits per heavy atom. The molecule has 0 bridgehead atoms. The molecule has 12 heteroatoms. The zero-order valence-electron chi connectivity index (χ0n) is 14.3. The van der Waals surface area contributed by atoms with Crippen molar-refractivity contribution in [3.05, 3.63) is 41.9 Å². The van der Waals surface area contributed by atoms with E-state index >= 15 is 0 Å². The van der Waals surface area contributed by atoms with Crippen LogP contribution in [0.25, 0.3) is 33.4 Å². The topological polar surface area (TPSA) is 73.8 Å². The number of carbonyl (C=O) groups excluding carboxylic acids is 1. The second-order valence-corrected chi connectivity index (χ2v) is 6.08. The molecule has 0 spiro atoms. The standard InChI is InChI=1S/C17H8F6N4O2/c1-7(28)27-11(15-26-24-6-29-15)4-8-2-3-9-10(16(18,19)20)5-12(17(21,22)23)25-13(9)14(8)27/h2-6H,1H3. The van der Waals surface area contributed by atoms with Crippen LogP contribution in [0.1, 0.15) is 23.0 Å². The predicted octanol–water partition coefficient (Wildman–Crippen LogP) is 4.94. The number of benzene rings is 1. The fourth-order valence-electron chi connectivity index (χ4n) is 3.13. The van der Waals surface area contributed by atoms with E-state index in [9.17, 15) is 31.1 Å². The van der Waals surface area contributed by atoms with Crippen LogP contribution in [0.2, 0.25) is 0 Å². The van der Waals surface area contributed by atoms with E-state index in [1.807, 2.05) is 0 Å². The van der Waals surface area contributed by atoms with Gasteiger partial charge in [-0.25, -0.2) is 4.98 Å². The minimum atomic E-state index is -5.13. The van der Waals surface area contributed by atoms with Crippen molar-refractivity contribution in [2.45, 2.75) is 19.3 Å². The van der Waals surface area contributed by atoms with E-state index in [0.717, 1.165) is 24.0 Å². The molecule has 0 saturated carbocycles. The first-order valence-corrected chi connectivity index (χ1v) is 7.89. The van der Waals surface area contributed by atoms with Crippen molar-refractivity contribution in [2.24, 2.45) is 0 Å². The molecule has 3 heterocycles. The quantitative estimate of drug-likeness (QED) is 0.413. The minimum absolute atomic E-state index is 0.0188. The Bertz CT molecular complexity index is 1260. The number of nitrogens with zero attached hydrogens (tertiary/aromatic N) is 4. The predicted molar refractivity (Wildman–Crippen MR) is 86.8 cm³/mol. The molecule has 3 aromatic heterocycles. The van der Waals surface area contributed by atoms with Crippen molar-refractivity contribution in [1.82, 2.24) is 19.7 Å². The Labute approximate surface area is 156 Å². The van der Waals surface area contributed by atoms with Gasteiger partial charge < -0.3 is 4.42 Å². The fraction of sp³-hybridized carbons (Fsp3) is 0.176. The summed E-state index contributed by atoms with van der Waals surface area (Å²) in [4.78, 5) is 15.7. The van der Waals surface area contributed by atoms with Gasteiger partial charge in [-0.2, -0.15) is 26.3 Å². The third-order valence-corrected chi connectivity index (χ3v) is 4.23. The highest BCUT2D eigenvalue weighted by Crippen LogP contribution is 2.41. The third kappa shape index (κ3) is 3.00. The summed E-state index contributed by atoms with van der Waals surface area (Å²) in [6, 6.07) is 3.56. The molecule has 0 fully saturated rings. The number of hydrogen-bond acceptors (Lipinski definition) is 5. The number of pyridine rings is 1. The molecule has 0 amide bonds. The van der Waals surface area contributed by atoms with E-state index in [-0.39, 0.29) is 28.6 Å². The van der Waals surface area contributed by atoms with Crippen LogP contribution in [0.4, 0.5) is 26.3 Å². The van der Waals surface area contributed by atoms with Crippen LogP contribution in [-0.2, 0) is 12.4 Å². The SMILES string of the molecule is CC(=O)n1c(-c2nnco2)cc2ccc3c(C(F)(F)F)cc(C(F)(F)F)nc3c21. The smallest absolute Gasteiger partial charge is 0.422 e. The van der Waals surface area contributed by atoms with Crippen molar-refractivity contribution in [1.29, 1.82) is 0 Å². The van der Waals surface area contributed by atoms with Crippen molar-refractivity contribution in [3.8, 4) is 11.6 Å². The third-order valence-electron chi connectivity index (χ3n) is 4.23. The molecule has 6 nitrogen and oxygen atoms in total. The number of hydrogen-bond donors (Lipinski definition) is 0. The van der Waals surface area contributed by atoms with Gasteiger partial charge in [-0.05, 0) is 12.1 Å². The van der Waals surface area contributed by atoms with E-state index in [1.54, 1.807) is 0 Å². The van der Waals surface area contributed by atoms with Crippen LogP contribution < -0.4 is 0 Å². The second-order valence-electron chi connectivity index (χ2n) is 6.08. The van der Waals surface area contributed by atoms with Gasteiger partial charge in [0.05, 0.1) is 16.6 Å². The molecule has 29 heavy (non-hydrogen) atoms. The van der Waals surface area contributed by atoms with Gasteiger partial charge in [0.15, 0.2) is 0 Å². The summed E-state index contributed by atoms with van der Waals surface area (Å²) in [7, 11) is 0. The van der Waals surface area contributed by atoms with Gasteiger partial charge in [-0.3, -0.25) is 9.36 Å². The van der Waals surface area contributed by atoms with Gasteiger partial charge in [-0.1, -0.05) is 12.1 Å². The lowest BCUT2D eigenvalue weighted by molar-refractivity contribution is -0.144. The lowest BCUT2D eigenvalue weighted by Crippen LogP contribution is -2.14. The highest BCUT2D eigenvalue weighted by atomic mass is 19.4. The number of aromatic nitrogens is 4. The summed E-state index contributed by atoms with van der Waals surface area (Å²) >= 11 is 0. The molecule has 4 aromatic rings. The number of rotatable bonds is 1. The molecule has 0 aliphatic heterocycles. The van der Waals surface area contributed by atoms with Crippen LogP contribution in [0, 0.1) is 0 Å². The van der Waals surface area contributed by atoms with Gasteiger partial charge in [-0.15, -0.1) is 10.2 Å². The largest absolute Gasteiger partial charge is 0.433 e. The number of carbonyl (C=O) groups is 1. The van der Waals surface area contributed by atoms with E-state index < -0.39 is 40.4 Å². The van der Waals surface area contributed by atoms with Crippen LogP contribution in [0.5, 0.6) is 0 Å². The Balaban J connectivity index is 2.22. The monoisotopic (exact) mass is 414 g/mol. The molecule has 0 unspecified atom stereocenters. The average Bonchev–Trinajstić information content (AvgIpc) is 3.26. The van der Waals surface area contributed by atoms with Gasteiger partial charge >= 0.3 is 12.4 Å². The molecule has 0 aliphatic carbocycles. The van der Waals surface area contributed by atoms with Gasteiger partial charge in [0, 0.05) is 17.7 Å². The molecule has 0 N–H and O–H groups in total. The Morgan fingerprint density at radius 3 is 2.34 bits per heavy atom. The summed E-state index contributed by atoms with van der Waals surface area (Å²) in [5.74, 6) is -0.818. The Hall–Kier alpha value is -3.44. The molecule has 150 valence electrons. The number of halogens is 6. The van der Waals surface area contributed by atoms with Crippen molar-refractivity contribution in [2.75, 3.05) is 0 Å². The molecule has 4 rings (SSSR count). The van der Waals surface area contributed by atoms with Gasteiger partial charge in [0.1, 0.15) is 11.4 Å². The lowest BCUT2D eigenvalue weighted by atomic mass is 10.0. The van der Waals surface area contributed by atoms with Gasteiger partial charge in [0.2, 0.25) is 12.3 Å². The summed E-state index contributed by atoms with van der Waals surface area (Å²) in [6.45, 7) is 1.09. The van der Waals surface area contributed by atoms with Crippen molar-refractivity contribution >= 4 is 27.7 Å². The lowest BCUT2D eigenvalue weighted by Gasteiger charge is -2.15. The van der Waals surface area contributed by atoms with E-state index in [4.69, 9.17) is 4.42 Å². The Kier molecular flexibility index (Phi) is 3.93. The molecule has 0 aliphatic rings. The minimum Gasteiger partial charge on any atom is -0.422 e. The average molecular weight is 414 g/mol. The van der Waals surface area contributed by atoms with Crippen LogP contribution in [0.3, 0.4) is 0 Å². The maximum Gasteiger partial charge on any atom is 0.433 e. The first-order valence-electron chi connectivity index (χ1n) is 7.89. The molecule has 1 aromatic carbocycles. The van der Waals surface area contributed by atoms with Crippen LogP contribution in [-0.4, -0.2) is 25.7 Å². The Morgan fingerprint density at radius 1 is 1.07 bits per heavy atom. The van der Waals surface area contributed by atoms with Gasteiger partial charge in [0.25, 0.3) is 5.89 Å². The molecule has 0 atom stereocenters. The molecular formula is C17H8F6N4O2. The summed E-state index contributed by atoms with van der Waals surface area (Å²) in [5.41, 5.74) is -4.05. The van der Waals surface area contributed by atoms with Crippen molar-refractivity contribution in [3.63, 3.8) is 0 Å². The summed E-state index contributed by atoms with van der Waals surface area (Å²) < 4.78 is 86.1. The molecule has 0 radical (unpaired) electrons. The van der Waals surface area contributed by atoms with Crippen LogP contribution >= 0.6 is 0 Å². The molecular weight excluding hydrogens is 406 g/mol. The van der Waals surface area contributed by atoms with E-state index in [2.05, 4.69) is 15.2 Å². The number of alkyl halides is 6. The molecule has 0 saturated heterocycles. The first-order chi connectivity index (χ1) is 13.5. The van der Waals surface area contributed by atoms with Crippen molar-refractivity contribution < 1.29 is 35.6 Å². The first kappa shape index (κ1) is 18.9. The normalized spacial score (nSPS) is 12.8. The summed E-state index contributed by atoms with van der Waals surface area (Å²) in [6.07, 6.45) is -9.23. The van der Waals surface area contributed by atoms with E-state index in [0.29, 0.717) is 0 Å². The zero-order chi connectivity index (χ0) is 21.1. The highest BCUT2D eigenvalue weighted by molar-refractivity contribution is 6.10. The highest BCUT2D eigenvalue weighted by Gasteiger charge is 2.40. The van der Waals surface area contributed by atoms with E-state index in [1.165, 1.54) is 12.1 Å². The summed E-state index contributed by atoms with van der Waals surface area (Å²) in [5, 5.41) is 6.73. The second kappa shape index (κ2) is 6.03. The maximum absolute atomic E-state index is 13.5. The number of fused-ring (bicyclic) bond motifs is 3. The maximum atomic E-state index is 13.5. The van der Waals surface area contributed by atoms with Crippen LogP contribution in [0.15, 0.2) is 35.1 Å².